The van der Waals surface area contributed by atoms with Crippen LogP contribution in [-0.4, -0.2) is 11.5 Å². The van der Waals surface area contributed by atoms with Gasteiger partial charge >= 0.3 is 0 Å². The summed E-state index contributed by atoms with van der Waals surface area (Å²) in [5.74, 6) is -0.309. The number of halogens is 2. The zero-order valence-electron chi connectivity index (χ0n) is 9.28. The molecule has 0 saturated heterocycles. The van der Waals surface area contributed by atoms with Gasteiger partial charge in [-0.15, -0.1) is 11.3 Å². The molecule has 90 valence electrons. The van der Waals surface area contributed by atoms with Gasteiger partial charge in [0, 0.05) is 16.0 Å². The second-order valence-electron chi connectivity index (χ2n) is 3.57. The molecule has 0 amide bonds. The lowest BCUT2D eigenvalue weighted by Crippen LogP contribution is -2.23. The molecule has 1 heterocycles. The van der Waals surface area contributed by atoms with Gasteiger partial charge in [-0.3, -0.25) is 0 Å². The number of benzene rings is 1. The fraction of sp³-hybridized carbons (Fsp3) is 0.250. The van der Waals surface area contributed by atoms with Crippen LogP contribution >= 0.6 is 22.9 Å². The summed E-state index contributed by atoms with van der Waals surface area (Å²) in [6.07, 6.45) is 0. The van der Waals surface area contributed by atoms with E-state index in [4.69, 9.17) is 11.6 Å². The molecule has 0 radical (unpaired) electrons. The Morgan fingerprint density at radius 1 is 1.53 bits per heavy atom. The van der Waals surface area contributed by atoms with Crippen LogP contribution in [0.15, 0.2) is 29.1 Å². The van der Waals surface area contributed by atoms with E-state index in [0.29, 0.717) is 10.6 Å². The predicted molar refractivity (Wildman–Crippen MR) is 69.0 cm³/mol. The average molecular weight is 271 g/mol. The Balaban J connectivity index is 2.39. The van der Waals surface area contributed by atoms with E-state index >= 15 is 0 Å². The first kappa shape index (κ1) is 12.5. The molecule has 2 rings (SSSR count). The van der Waals surface area contributed by atoms with E-state index in [2.05, 4.69) is 10.3 Å². The van der Waals surface area contributed by atoms with Crippen LogP contribution in [0, 0.1) is 5.82 Å². The molecule has 1 aromatic heterocycles. The van der Waals surface area contributed by atoms with Crippen molar-refractivity contribution in [3.63, 3.8) is 0 Å². The number of rotatable bonds is 4. The first-order chi connectivity index (χ1) is 8.22. The smallest absolute Gasteiger partial charge is 0.129 e. The highest BCUT2D eigenvalue weighted by Gasteiger charge is 2.18. The molecule has 1 unspecified atom stereocenters. The molecule has 0 bridgehead atoms. The molecule has 0 fully saturated rings. The van der Waals surface area contributed by atoms with Gasteiger partial charge in [0.05, 0.1) is 17.2 Å². The number of hydrogen-bond acceptors (Lipinski definition) is 3. The summed E-state index contributed by atoms with van der Waals surface area (Å²) in [5, 5.41) is 5.54. The van der Waals surface area contributed by atoms with E-state index in [-0.39, 0.29) is 11.9 Å². The lowest BCUT2D eigenvalue weighted by atomic mass is 10.0. The minimum atomic E-state index is -0.309. The predicted octanol–water partition coefficient (Wildman–Crippen LogP) is 3.63. The first-order valence-electron chi connectivity index (χ1n) is 5.28. The molecule has 0 aliphatic heterocycles. The standard InChI is InChI=1S/C12H12ClFN2S/c1-2-15-12(11-6-17-7-16-11)9-4-3-8(13)5-10(9)14/h3-7,12,15H,2H2,1H3. The van der Waals surface area contributed by atoms with Gasteiger partial charge in [-0.25, -0.2) is 9.37 Å². The van der Waals surface area contributed by atoms with Gasteiger partial charge in [-0.1, -0.05) is 24.6 Å². The topological polar surface area (TPSA) is 24.9 Å². The van der Waals surface area contributed by atoms with Gasteiger partial charge in [0.15, 0.2) is 0 Å². The van der Waals surface area contributed by atoms with Crippen molar-refractivity contribution in [2.24, 2.45) is 0 Å². The first-order valence-corrected chi connectivity index (χ1v) is 6.61. The average Bonchev–Trinajstić information content (AvgIpc) is 2.80. The summed E-state index contributed by atoms with van der Waals surface area (Å²) in [7, 11) is 0. The maximum atomic E-state index is 13.9. The Hall–Kier alpha value is -0.970. The van der Waals surface area contributed by atoms with Crippen LogP contribution in [0.3, 0.4) is 0 Å². The minimum Gasteiger partial charge on any atom is -0.305 e. The third-order valence-corrected chi connectivity index (χ3v) is 3.27. The van der Waals surface area contributed by atoms with Gasteiger partial charge in [0.25, 0.3) is 0 Å². The van der Waals surface area contributed by atoms with Crippen LogP contribution in [0.25, 0.3) is 0 Å². The largest absolute Gasteiger partial charge is 0.305 e. The molecular formula is C12H12ClFN2S. The summed E-state index contributed by atoms with van der Waals surface area (Å²) in [6, 6.07) is 4.50. The maximum Gasteiger partial charge on any atom is 0.129 e. The lowest BCUT2D eigenvalue weighted by Gasteiger charge is -2.17. The van der Waals surface area contributed by atoms with Crippen LogP contribution in [0.4, 0.5) is 4.39 Å². The highest BCUT2D eigenvalue weighted by Crippen LogP contribution is 2.26. The Bertz CT molecular complexity index is 487. The zero-order chi connectivity index (χ0) is 12.3. The summed E-state index contributed by atoms with van der Waals surface area (Å²) >= 11 is 7.25. The van der Waals surface area contributed by atoms with Crippen molar-refractivity contribution in [3.05, 3.63) is 51.2 Å². The molecular weight excluding hydrogens is 259 g/mol. The number of thiazole rings is 1. The van der Waals surface area contributed by atoms with E-state index in [1.807, 2.05) is 12.3 Å². The molecule has 2 nitrogen and oxygen atoms in total. The van der Waals surface area contributed by atoms with Crippen molar-refractivity contribution >= 4 is 22.9 Å². The second-order valence-corrected chi connectivity index (χ2v) is 4.72. The Labute approximate surface area is 108 Å². The van der Waals surface area contributed by atoms with Crippen LogP contribution in [0.2, 0.25) is 5.02 Å². The molecule has 17 heavy (non-hydrogen) atoms. The molecule has 0 saturated carbocycles. The van der Waals surface area contributed by atoms with Gasteiger partial charge in [0.1, 0.15) is 5.82 Å². The monoisotopic (exact) mass is 270 g/mol. The Morgan fingerprint density at radius 3 is 2.94 bits per heavy atom. The highest BCUT2D eigenvalue weighted by atomic mass is 35.5. The van der Waals surface area contributed by atoms with Crippen molar-refractivity contribution in [2.75, 3.05) is 6.54 Å². The fourth-order valence-electron chi connectivity index (χ4n) is 1.68. The highest BCUT2D eigenvalue weighted by molar-refractivity contribution is 7.07. The molecule has 1 aromatic carbocycles. The number of nitrogens with one attached hydrogen (secondary N) is 1. The summed E-state index contributed by atoms with van der Waals surface area (Å²) in [5.41, 5.74) is 3.15. The van der Waals surface area contributed by atoms with Crippen molar-refractivity contribution in [1.29, 1.82) is 0 Å². The molecule has 0 aliphatic rings. The molecule has 1 atom stereocenters. The molecule has 0 spiro atoms. The van der Waals surface area contributed by atoms with Gasteiger partial charge < -0.3 is 5.32 Å². The number of nitrogens with zero attached hydrogens (tertiary/aromatic N) is 1. The van der Waals surface area contributed by atoms with E-state index in [9.17, 15) is 4.39 Å². The van der Waals surface area contributed by atoms with Crippen molar-refractivity contribution in [2.45, 2.75) is 13.0 Å². The summed E-state index contributed by atoms with van der Waals surface area (Å²) < 4.78 is 13.9. The zero-order valence-corrected chi connectivity index (χ0v) is 10.9. The van der Waals surface area contributed by atoms with Crippen LogP contribution in [0.5, 0.6) is 0 Å². The summed E-state index contributed by atoms with van der Waals surface area (Å²) in [6.45, 7) is 2.72. The van der Waals surface area contributed by atoms with E-state index < -0.39 is 0 Å². The van der Waals surface area contributed by atoms with Gasteiger partial charge in [-0.2, -0.15) is 0 Å². The summed E-state index contributed by atoms with van der Waals surface area (Å²) in [4.78, 5) is 4.23. The molecule has 2 aromatic rings. The van der Waals surface area contributed by atoms with Gasteiger partial charge in [0.2, 0.25) is 0 Å². The van der Waals surface area contributed by atoms with Crippen LogP contribution < -0.4 is 5.32 Å². The van der Waals surface area contributed by atoms with E-state index in [1.54, 1.807) is 17.6 Å². The molecule has 1 N–H and O–H groups in total. The maximum absolute atomic E-state index is 13.9. The number of aromatic nitrogens is 1. The SMILES string of the molecule is CCNC(c1cscn1)c1ccc(Cl)cc1F. The van der Waals surface area contributed by atoms with Crippen molar-refractivity contribution in [1.82, 2.24) is 10.3 Å². The fourth-order valence-corrected chi connectivity index (χ4v) is 2.42. The van der Waals surface area contributed by atoms with Crippen molar-refractivity contribution < 1.29 is 4.39 Å². The molecule has 0 aliphatic carbocycles. The second kappa shape index (κ2) is 5.58. The minimum absolute atomic E-state index is 0.219. The lowest BCUT2D eigenvalue weighted by molar-refractivity contribution is 0.553. The normalized spacial score (nSPS) is 12.6. The van der Waals surface area contributed by atoms with Crippen LogP contribution in [-0.2, 0) is 0 Å². The molecule has 5 heteroatoms. The Morgan fingerprint density at radius 2 is 2.35 bits per heavy atom. The quantitative estimate of drug-likeness (QED) is 0.918. The van der Waals surface area contributed by atoms with Crippen molar-refractivity contribution in [3.8, 4) is 0 Å². The van der Waals surface area contributed by atoms with E-state index in [1.165, 1.54) is 17.4 Å². The third kappa shape index (κ3) is 2.83. The third-order valence-electron chi connectivity index (χ3n) is 2.43. The van der Waals surface area contributed by atoms with Gasteiger partial charge in [-0.05, 0) is 18.7 Å². The van der Waals surface area contributed by atoms with Crippen LogP contribution in [0.1, 0.15) is 24.2 Å². The van der Waals surface area contributed by atoms with E-state index in [0.717, 1.165) is 12.2 Å². The number of hydrogen-bond donors (Lipinski definition) is 1. The Kier molecular flexibility index (Phi) is 4.10.